The third-order valence-corrected chi connectivity index (χ3v) is 4.42. The molecule has 0 aromatic carbocycles. The van der Waals surface area contributed by atoms with E-state index in [2.05, 4.69) is 15.2 Å². The molecule has 3 heterocycles. The average molecular weight is 304 g/mol. The van der Waals surface area contributed by atoms with Gasteiger partial charge in [0.15, 0.2) is 0 Å². The van der Waals surface area contributed by atoms with Crippen molar-refractivity contribution < 1.29 is 9.53 Å². The highest BCUT2D eigenvalue weighted by molar-refractivity contribution is 5.90. The van der Waals surface area contributed by atoms with Crippen LogP contribution in [-0.2, 0) is 4.74 Å². The SMILES string of the molecule is CCOC(=O)c1cnc(N2CCCC2)nc1C1CCNCC1. The van der Waals surface area contributed by atoms with Crippen LogP contribution in [0, 0.1) is 0 Å². The Morgan fingerprint density at radius 1 is 1.36 bits per heavy atom. The zero-order chi connectivity index (χ0) is 15.4. The van der Waals surface area contributed by atoms with Crippen LogP contribution < -0.4 is 10.2 Å². The molecule has 120 valence electrons. The van der Waals surface area contributed by atoms with Gasteiger partial charge in [-0.3, -0.25) is 0 Å². The minimum Gasteiger partial charge on any atom is -0.462 e. The molecular formula is C16H24N4O2. The number of aromatic nitrogens is 2. The molecule has 2 fully saturated rings. The summed E-state index contributed by atoms with van der Waals surface area (Å²) in [5, 5.41) is 3.36. The van der Waals surface area contributed by atoms with Crippen molar-refractivity contribution in [2.75, 3.05) is 37.7 Å². The van der Waals surface area contributed by atoms with E-state index in [1.165, 1.54) is 12.8 Å². The van der Waals surface area contributed by atoms with Crippen molar-refractivity contribution in [3.8, 4) is 0 Å². The van der Waals surface area contributed by atoms with Gasteiger partial charge in [-0.05, 0) is 45.7 Å². The van der Waals surface area contributed by atoms with Crippen molar-refractivity contribution in [3.63, 3.8) is 0 Å². The van der Waals surface area contributed by atoms with Crippen LogP contribution in [0.25, 0.3) is 0 Å². The maximum Gasteiger partial charge on any atom is 0.341 e. The summed E-state index contributed by atoms with van der Waals surface area (Å²) in [5.74, 6) is 0.771. The highest BCUT2D eigenvalue weighted by Crippen LogP contribution is 2.28. The summed E-state index contributed by atoms with van der Waals surface area (Å²) in [7, 11) is 0. The van der Waals surface area contributed by atoms with Crippen LogP contribution in [0.15, 0.2) is 6.20 Å². The third kappa shape index (κ3) is 3.21. The van der Waals surface area contributed by atoms with Gasteiger partial charge in [0, 0.05) is 25.2 Å². The van der Waals surface area contributed by atoms with E-state index < -0.39 is 0 Å². The zero-order valence-corrected chi connectivity index (χ0v) is 13.2. The van der Waals surface area contributed by atoms with Crippen LogP contribution in [0.5, 0.6) is 0 Å². The molecule has 0 aliphatic carbocycles. The number of carbonyl (C=O) groups is 1. The van der Waals surface area contributed by atoms with Gasteiger partial charge in [0.25, 0.3) is 0 Å². The number of hydrogen-bond acceptors (Lipinski definition) is 6. The van der Waals surface area contributed by atoms with E-state index >= 15 is 0 Å². The Hall–Kier alpha value is -1.69. The second-order valence-electron chi connectivity index (χ2n) is 5.91. The van der Waals surface area contributed by atoms with Crippen LogP contribution in [0.3, 0.4) is 0 Å². The first kappa shape index (κ1) is 15.2. The highest BCUT2D eigenvalue weighted by Gasteiger charge is 2.26. The van der Waals surface area contributed by atoms with Gasteiger partial charge in [0.1, 0.15) is 0 Å². The second-order valence-corrected chi connectivity index (χ2v) is 5.91. The average Bonchev–Trinajstić information content (AvgIpc) is 3.10. The quantitative estimate of drug-likeness (QED) is 0.854. The van der Waals surface area contributed by atoms with Crippen molar-refractivity contribution in [1.82, 2.24) is 15.3 Å². The minimum atomic E-state index is -0.302. The van der Waals surface area contributed by atoms with Crippen molar-refractivity contribution in [3.05, 3.63) is 17.5 Å². The summed E-state index contributed by atoms with van der Waals surface area (Å²) in [6.45, 7) is 6.14. The predicted molar refractivity (Wildman–Crippen MR) is 84.3 cm³/mol. The number of ether oxygens (including phenoxy) is 1. The van der Waals surface area contributed by atoms with Crippen molar-refractivity contribution in [1.29, 1.82) is 0 Å². The van der Waals surface area contributed by atoms with Gasteiger partial charge >= 0.3 is 5.97 Å². The van der Waals surface area contributed by atoms with E-state index in [1.54, 1.807) is 6.20 Å². The number of hydrogen-bond donors (Lipinski definition) is 1. The Kier molecular flexibility index (Phi) is 4.87. The number of rotatable bonds is 4. The lowest BCUT2D eigenvalue weighted by Crippen LogP contribution is -2.29. The molecule has 0 bridgehead atoms. The number of nitrogens with one attached hydrogen (secondary N) is 1. The predicted octanol–water partition coefficient (Wildman–Crippen LogP) is 1.72. The molecule has 0 spiro atoms. The van der Waals surface area contributed by atoms with Crippen LogP contribution in [0.2, 0.25) is 0 Å². The molecule has 0 saturated carbocycles. The molecule has 2 aliphatic rings. The zero-order valence-electron chi connectivity index (χ0n) is 13.2. The van der Waals surface area contributed by atoms with E-state index in [0.29, 0.717) is 18.1 Å². The molecule has 2 saturated heterocycles. The summed E-state index contributed by atoms with van der Waals surface area (Å²) in [6, 6.07) is 0. The lowest BCUT2D eigenvalue weighted by atomic mass is 9.92. The monoisotopic (exact) mass is 304 g/mol. The summed E-state index contributed by atoms with van der Waals surface area (Å²) >= 11 is 0. The largest absolute Gasteiger partial charge is 0.462 e. The molecule has 6 nitrogen and oxygen atoms in total. The fourth-order valence-electron chi connectivity index (χ4n) is 3.23. The van der Waals surface area contributed by atoms with Gasteiger partial charge < -0.3 is 15.0 Å². The molecule has 3 rings (SSSR count). The number of nitrogens with zero attached hydrogens (tertiary/aromatic N) is 3. The Bertz CT molecular complexity index is 523. The van der Waals surface area contributed by atoms with Crippen LogP contribution >= 0.6 is 0 Å². The normalized spacial score (nSPS) is 19.4. The van der Waals surface area contributed by atoms with Crippen LogP contribution in [0.4, 0.5) is 5.95 Å². The van der Waals surface area contributed by atoms with Crippen LogP contribution in [0.1, 0.15) is 54.6 Å². The molecule has 1 N–H and O–H groups in total. The summed E-state index contributed by atoms with van der Waals surface area (Å²) in [5.41, 5.74) is 1.41. The summed E-state index contributed by atoms with van der Waals surface area (Å²) in [4.78, 5) is 23.6. The number of anilines is 1. The molecule has 1 aromatic heterocycles. The Morgan fingerprint density at radius 3 is 2.77 bits per heavy atom. The van der Waals surface area contributed by atoms with E-state index in [4.69, 9.17) is 9.72 Å². The first-order valence-electron chi connectivity index (χ1n) is 8.29. The number of carbonyl (C=O) groups excluding carboxylic acids is 1. The van der Waals surface area contributed by atoms with Crippen molar-refractivity contribution >= 4 is 11.9 Å². The highest BCUT2D eigenvalue weighted by atomic mass is 16.5. The fourth-order valence-corrected chi connectivity index (χ4v) is 3.23. The summed E-state index contributed by atoms with van der Waals surface area (Å²) < 4.78 is 5.18. The molecule has 0 atom stereocenters. The van der Waals surface area contributed by atoms with Gasteiger partial charge in [-0.15, -0.1) is 0 Å². The molecule has 1 aromatic rings. The number of piperidine rings is 1. The van der Waals surface area contributed by atoms with Gasteiger partial charge in [0.2, 0.25) is 5.95 Å². The van der Waals surface area contributed by atoms with Gasteiger partial charge in [0.05, 0.1) is 17.9 Å². The van der Waals surface area contributed by atoms with Crippen molar-refractivity contribution in [2.24, 2.45) is 0 Å². The standard InChI is InChI=1S/C16H24N4O2/c1-2-22-15(21)13-11-18-16(20-9-3-4-10-20)19-14(13)12-5-7-17-8-6-12/h11-12,17H,2-10H2,1H3. The molecule has 0 unspecified atom stereocenters. The Morgan fingerprint density at radius 2 is 2.09 bits per heavy atom. The second kappa shape index (κ2) is 7.05. The molecule has 6 heteroatoms. The molecular weight excluding hydrogens is 280 g/mol. The lowest BCUT2D eigenvalue weighted by Gasteiger charge is -2.25. The van der Waals surface area contributed by atoms with E-state index in [0.717, 1.165) is 50.7 Å². The Balaban J connectivity index is 1.92. The van der Waals surface area contributed by atoms with E-state index in [9.17, 15) is 4.79 Å². The van der Waals surface area contributed by atoms with E-state index in [-0.39, 0.29) is 5.97 Å². The first-order chi connectivity index (χ1) is 10.8. The minimum absolute atomic E-state index is 0.302. The van der Waals surface area contributed by atoms with E-state index in [1.807, 2.05) is 6.92 Å². The topological polar surface area (TPSA) is 67.3 Å². The smallest absolute Gasteiger partial charge is 0.341 e. The van der Waals surface area contributed by atoms with Gasteiger partial charge in [-0.1, -0.05) is 0 Å². The van der Waals surface area contributed by atoms with Gasteiger partial charge in [-0.2, -0.15) is 0 Å². The summed E-state index contributed by atoms with van der Waals surface area (Å²) in [6.07, 6.45) is 6.04. The first-order valence-corrected chi connectivity index (χ1v) is 8.29. The van der Waals surface area contributed by atoms with Crippen molar-refractivity contribution in [2.45, 2.75) is 38.5 Å². The Labute approximate surface area is 131 Å². The third-order valence-electron chi connectivity index (χ3n) is 4.42. The lowest BCUT2D eigenvalue weighted by molar-refractivity contribution is 0.0523. The maximum atomic E-state index is 12.2. The fraction of sp³-hybridized carbons (Fsp3) is 0.688. The van der Waals surface area contributed by atoms with Crippen LogP contribution in [-0.4, -0.2) is 48.7 Å². The molecule has 0 amide bonds. The molecule has 2 aliphatic heterocycles. The molecule has 0 radical (unpaired) electrons. The molecule has 22 heavy (non-hydrogen) atoms. The maximum absolute atomic E-state index is 12.2. The number of esters is 1. The van der Waals surface area contributed by atoms with Gasteiger partial charge in [-0.25, -0.2) is 14.8 Å².